The monoisotopic (exact) mass is 253 g/mol. The van der Waals surface area contributed by atoms with Crippen molar-refractivity contribution in [3.8, 4) is 0 Å². The Balaban J connectivity index is 2.38. The molecule has 0 fully saturated rings. The zero-order valence-corrected chi connectivity index (χ0v) is 11.4. The van der Waals surface area contributed by atoms with Crippen molar-refractivity contribution in [2.75, 3.05) is 39.2 Å². The molecule has 5 nitrogen and oxygen atoms in total. The first kappa shape index (κ1) is 14.9. The molecule has 0 radical (unpaired) electrons. The van der Waals surface area contributed by atoms with Gasteiger partial charge in [-0.3, -0.25) is 0 Å². The topological polar surface area (TPSA) is 55.4 Å². The lowest BCUT2D eigenvalue weighted by Gasteiger charge is -2.15. The summed E-state index contributed by atoms with van der Waals surface area (Å²) in [5, 5.41) is 6.49. The first-order valence-corrected chi connectivity index (χ1v) is 6.21. The molecular formula is C13H23N3O2. The minimum absolute atomic E-state index is 0.0400. The van der Waals surface area contributed by atoms with Crippen LogP contribution in [0.4, 0.5) is 5.82 Å². The van der Waals surface area contributed by atoms with Crippen molar-refractivity contribution in [3.63, 3.8) is 0 Å². The highest BCUT2D eigenvalue weighted by molar-refractivity contribution is 5.35. The SMILES string of the molecule is CCNCc1ccc(NCC(COC)OC)nc1. The molecule has 1 aromatic rings. The normalized spacial score (nSPS) is 12.4. The van der Waals surface area contributed by atoms with Gasteiger partial charge in [0.05, 0.1) is 12.7 Å². The highest BCUT2D eigenvalue weighted by Crippen LogP contribution is 2.05. The third-order valence-corrected chi connectivity index (χ3v) is 2.60. The summed E-state index contributed by atoms with van der Waals surface area (Å²) in [7, 11) is 3.35. The maximum absolute atomic E-state index is 5.26. The van der Waals surface area contributed by atoms with Gasteiger partial charge in [-0.1, -0.05) is 13.0 Å². The predicted octanol–water partition coefficient (Wildman–Crippen LogP) is 1.26. The molecule has 1 heterocycles. The molecule has 5 heteroatoms. The zero-order valence-electron chi connectivity index (χ0n) is 11.4. The lowest BCUT2D eigenvalue weighted by molar-refractivity contribution is 0.0365. The summed E-state index contributed by atoms with van der Waals surface area (Å²) in [6, 6.07) is 4.04. The molecule has 0 spiro atoms. The molecule has 0 bridgehead atoms. The molecule has 1 unspecified atom stereocenters. The predicted molar refractivity (Wildman–Crippen MR) is 72.8 cm³/mol. The molecule has 102 valence electrons. The number of rotatable bonds is 9. The molecule has 0 saturated heterocycles. The first-order chi connectivity index (χ1) is 8.80. The average Bonchev–Trinajstić information content (AvgIpc) is 2.42. The van der Waals surface area contributed by atoms with E-state index in [9.17, 15) is 0 Å². The maximum Gasteiger partial charge on any atom is 0.125 e. The molecule has 0 aliphatic rings. The second kappa shape index (κ2) is 8.85. The van der Waals surface area contributed by atoms with Crippen LogP contribution < -0.4 is 10.6 Å². The van der Waals surface area contributed by atoms with Crippen LogP contribution in [0.3, 0.4) is 0 Å². The van der Waals surface area contributed by atoms with Gasteiger partial charge in [0, 0.05) is 33.5 Å². The third kappa shape index (κ3) is 5.44. The van der Waals surface area contributed by atoms with Gasteiger partial charge in [0.2, 0.25) is 0 Å². The molecule has 0 aliphatic carbocycles. The fourth-order valence-electron chi connectivity index (χ4n) is 1.52. The summed E-state index contributed by atoms with van der Waals surface area (Å²) in [6.45, 7) is 5.16. The lowest BCUT2D eigenvalue weighted by atomic mass is 10.3. The fraction of sp³-hybridized carbons (Fsp3) is 0.615. The minimum atomic E-state index is 0.0400. The van der Waals surface area contributed by atoms with Crippen molar-refractivity contribution >= 4 is 5.82 Å². The van der Waals surface area contributed by atoms with E-state index in [-0.39, 0.29) is 6.10 Å². The average molecular weight is 253 g/mol. The number of nitrogens with zero attached hydrogens (tertiary/aromatic N) is 1. The van der Waals surface area contributed by atoms with Crippen molar-refractivity contribution in [1.82, 2.24) is 10.3 Å². The molecule has 0 saturated carbocycles. The number of anilines is 1. The van der Waals surface area contributed by atoms with Crippen LogP contribution in [0.5, 0.6) is 0 Å². The number of hydrogen-bond donors (Lipinski definition) is 2. The van der Waals surface area contributed by atoms with E-state index in [2.05, 4.69) is 28.6 Å². The van der Waals surface area contributed by atoms with Crippen LogP contribution in [0.2, 0.25) is 0 Å². The Hall–Kier alpha value is -1.17. The molecule has 1 rings (SSSR count). The Kier molecular flexibility index (Phi) is 7.32. The van der Waals surface area contributed by atoms with E-state index in [1.807, 2.05) is 12.3 Å². The number of nitrogens with one attached hydrogen (secondary N) is 2. The third-order valence-electron chi connectivity index (χ3n) is 2.60. The van der Waals surface area contributed by atoms with Gasteiger partial charge in [0.1, 0.15) is 5.82 Å². The molecular weight excluding hydrogens is 230 g/mol. The second-order valence-corrected chi connectivity index (χ2v) is 4.03. The van der Waals surface area contributed by atoms with Crippen molar-refractivity contribution in [2.45, 2.75) is 19.6 Å². The van der Waals surface area contributed by atoms with Crippen LogP contribution in [0.15, 0.2) is 18.3 Å². The summed E-state index contributed by atoms with van der Waals surface area (Å²) in [4.78, 5) is 4.35. The van der Waals surface area contributed by atoms with Crippen LogP contribution >= 0.6 is 0 Å². The zero-order chi connectivity index (χ0) is 13.2. The Morgan fingerprint density at radius 3 is 2.72 bits per heavy atom. The van der Waals surface area contributed by atoms with E-state index >= 15 is 0 Å². The van der Waals surface area contributed by atoms with Crippen LogP contribution in [0.1, 0.15) is 12.5 Å². The molecule has 1 aromatic heterocycles. The maximum atomic E-state index is 5.26. The number of aromatic nitrogens is 1. The van der Waals surface area contributed by atoms with Gasteiger partial charge >= 0.3 is 0 Å². The van der Waals surface area contributed by atoms with E-state index in [1.165, 1.54) is 5.56 Å². The van der Waals surface area contributed by atoms with E-state index < -0.39 is 0 Å². The van der Waals surface area contributed by atoms with Gasteiger partial charge in [-0.2, -0.15) is 0 Å². The summed E-state index contributed by atoms with van der Waals surface area (Å²) in [5.74, 6) is 0.855. The second-order valence-electron chi connectivity index (χ2n) is 4.03. The number of methoxy groups -OCH3 is 2. The van der Waals surface area contributed by atoms with Crippen molar-refractivity contribution in [1.29, 1.82) is 0 Å². The standard InChI is InChI=1S/C13H23N3O2/c1-4-14-7-11-5-6-13(15-8-11)16-9-12(18-3)10-17-2/h5-6,8,12,14H,4,7,9-10H2,1-3H3,(H,15,16). The molecule has 0 aliphatic heterocycles. The molecule has 0 amide bonds. The first-order valence-electron chi connectivity index (χ1n) is 6.21. The van der Waals surface area contributed by atoms with E-state index in [0.717, 1.165) is 18.9 Å². The molecule has 2 N–H and O–H groups in total. The summed E-state index contributed by atoms with van der Waals surface area (Å²) in [6.07, 6.45) is 1.92. The molecule has 18 heavy (non-hydrogen) atoms. The highest BCUT2D eigenvalue weighted by atomic mass is 16.5. The number of hydrogen-bond acceptors (Lipinski definition) is 5. The Morgan fingerprint density at radius 1 is 1.33 bits per heavy atom. The minimum Gasteiger partial charge on any atom is -0.382 e. The van der Waals surface area contributed by atoms with E-state index in [4.69, 9.17) is 9.47 Å². The summed E-state index contributed by atoms with van der Waals surface area (Å²) < 4.78 is 10.3. The Labute approximate surface area is 109 Å². The summed E-state index contributed by atoms with van der Waals surface area (Å²) >= 11 is 0. The van der Waals surface area contributed by atoms with Gasteiger partial charge in [-0.25, -0.2) is 4.98 Å². The van der Waals surface area contributed by atoms with Crippen LogP contribution in [0.25, 0.3) is 0 Å². The van der Waals surface area contributed by atoms with Gasteiger partial charge in [0.15, 0.2) is 0 Å². The molecule has 1 atom stereocenters. The van der Waals surface area contributed by atoms with Crippen LogP contribution in [0, 0.1) is 0 Å². The number of pyridine rings is 1. The Bertz CT molecular complexity index is 317. The Morgan fingerprint density at radius 2 is 2.17 bits per heavy atom. The summed E-state index contributed by atoms with van der Waals surface area (Å²) in [5.41, 5.74) is 1.18. The fourth-order valence-corrected chi connectivity index (χ4v) is 1.52. The quantitative estimate of drug-likeness (QED) is 0.694. The van der Waals surface area contributed by atoms with Gasteiger partial charge in [0.25, 0.3) is 0 Å². The van der Waals surface area contributed by atoms with E-state index in [1.54, 1.807) is 14.2 Å². The van der Waals surface area contributed by atoms with Crippen molar-refractivity contribution in [2.24, 2.45) is 0 Å². The van der Waals surface area contributed by atoms with Crippen molar-refractivity contribution in [3.05, 3.63) is 23.9 Å². The van der Waals surface area contributed by atoms with Gasteiger partial charge in [-0.15, -0.1) is 0 Å². The molecule has 0 aromatic carbocycles. The van der Waals surface area contributed by atoms with E-state index in [0.29, 0.717) is 13.2 Å². The van der Waals surface area contributed by atoms with Crippen LogP contribution in [-0.4, -0.2) is 45.0 Å². The lowest BCUT2D eigenvalue weighted by Crippen LogP contribution is -2.26. The van der Waals surface area contributed by atoms with Gasteiger partial charge < -0.3 is 20.1 Å². The van der Waals surface area contributed by atoms with Gasteiger partial charge in [-0.05, 0) is 18.2 Å². The largest absolute Gasteiger partial charge is 0.382 e. The number of ether oxygens (including phenoxy) is 2. The smallest absolute Gasteiger partial charge is 0.125 e. The van der Waals surface area contributed by atoms with Crippen molar-refractivity contribution < 1.29 is 9.47 Å². The highest BCUT2D eigenvalue weighted by Gasteiger charge is 2.06. The van der Waals surface area contributed by atoms with Crippen LogP contribution in [-0.2, 0) is 16.0 Å².